The van der Waals surface area contributed by atoms with Crippen molar-refractivity contribution in [1.29, 1.82) is 0 Å². The monoisotopic (exact) mass is 281 g/mol. The lowest BCUT2D eigenvalue weighted by Crippen LogP contribution is -2.15. The number of carbonyl (C=O) groups is 1. The summed E-state index contributed by atoms with van der Waals surface area (Å²) >= 11 is 0. The minimum absolute atomic E-state index is 0.717. The zero-order valence-electron chi connectivity index (χ0n) is 11.0. The summed E-state index contributed by atoms with van der Waals surface area (Å²) in [6, 6.07) is 7.51. The second-order valence-electron chi connectivity index (χ2n) is 4.05. The number of hydrogen-bond donors (Lipinski definition) is 5. The standard InChI is InChI=1S/C13H19N3O4/c17-13(18)4-2-1-3-9-14-10-11-5-7-12(8-6-11)15-20-16-19/h2,4-8,14-16,19H,1,3,9-10H2,(H,17,18)/b4-2-. The summed E-state index contributed by atoms with van der Waals surface area (Å²) in [6.07, 6.45) is 4.45. The molecular weight excluding hydrogens is 262 g/mol. The second-order valence-corrected chi connectivity index (χ2v) is 4.05. The van der Waals surface area contributed by atoms with E-state index in [4.69, 9.17) is 10.3 Å². The van der Waals surface area contributed by atoms with Crippen molar-refractivity contribution < 1.29 is 20.0 Å². The van der Waals surface area contributed by atoms with Crippen molar-refractivity contribution in [2.45, 2.75) is 19.4 Å². The maximum absolute atomic E-state index is 10.2. The molecule has 0 fully saturated rings. The Morgan fingerprint density at radius 2 is 2.05 bits per heavy atom. The van der Waals surface area contributed by atoms with Gasteiger partial charge in [0.05, 0.1) is 5.69 Å². The Labute approximate surface area is 117 Å². The average molecular weight is 281 g/mol. The Balaban J connectivity index is 2.14. The summed E-state index contributed by atoms with van der Waals surface area (Å²) in [6.45, 7) is 1.56. The highest BCUT2D eigenvalue weighted by Gasteiger charge is 1.95. The second kappa shape index (κ2) is 9.93. The normalized spacial score (nSPS) is 10.8. The first kappa shape index (κ1) is 16.1. The molecule has 0 aromatic heterocycles. The molecule has 5 N–H and O–H groups in total. The highest BCUT2D eigenvalue weighted by atomic mass is 16.9. The Hall–Kier alpha value is -1.93. The summed E-state index contributed by atoms with van der Waals surface area (Å²) in [4.78, 5) is 14.6. The molecule has 1 aromatic rings. The topological polar surface area (TPSA) is 103 Å². The molecule has 0 atom stereocenters. The lowest BCUT2D eigenvalue weighted by molar-refractivity contribution is -0.131. The Morgan fingerprint density at radius 1 is 1.30 bits per heavy atom. The third-order valence-electron chi connectivity index (χ3n) is 2.48. The van der Waals surface area contributed by atoms with Gasteiger partial charge in [0.1, 0.15) is 0 Å². The molecular formula is C13H19N3O4. The van der Waals surface area contributed by atoms with Crippen LogP contribution in [0.3, 0.4) is 0 Å². The predicted molar refractivity (Wildman–Crippen MR) is 73.8 cm³/mol. The summed E-state index contributed by atoms with van der Waals surface area (Å²) in [5, 5.41) is 19.9. The molecule has 0 aliphatic heterocycles. The van der Waals surface area contributed by atoms with Crippen LogP contribution in [-0.2, 0) is 16.3 Å². The first-order valence-electron chi connectivity index (χ1n) is 6.22. The van der Waals surface area contributed by atoms with Gasteiger partial charge < -0.3 is 10.4 Å². The first-order valence-corrected chi connectivity index (χ1v) is 6.22. The van der Waals surface area contributed by atoms with Crippen LogP contribution in [0, 0.1) is 0 Å². The first-order chi connectivity index (χ1) is 9.72. The fraction of sp³-hybridized carbons (Fsp3) is 0.308. The van der Waals surface area contributed by atoms with E-state index in [0.717, 1.165) is 37.6 Å². The number of carboxylic acids is 1. The molecule has 0 saturated carbocycles. The molecule has 0 radical (unpaired) electrons. The SMILES string of the molecule is O=C(O)/C=C\CCCNCc1ccc(NONO)cc1. The van der Waals surface area contributed by atoms with Gasteiger partial charge in [-0.05, 0) is 37.1 Å². The van der Waals surface area contributed by atoms with Gasteiger partial charge in [-0.2, -0.15) is 4.94 Å². The smallest absolute Gasteiger partial charge is 0.327 e. The number of rotatable bonds is 10. The number of carboxylic acid groups (broad SMARTS) is 1. The fourth-order valence-corrected chi connectivity index (χ4v) is 1.53. The lowest BCUT2D eigenvalue weighted by Gasteiger charge is -2.06. The van der Waals surface area contributed by atoms with Gasteiger partial charge >= 0.3 is 5.97 Å². The van der Waals surface area contributed by atoms with E-state index in [1.165, 1.54) is 5.64 Å². The molecule has 0 saturated heterocycles. The molecule has 1 aromatic carbocycles. The van der Waals surface area contributed by atoms with Gasteiger partial charge in [0, 0.05) is 12.6 Å². The van der Waals surface area contributed by atoms with Gasteiger partial charge in [-0.1, -0.05) is 23.9 Å². The molecule has 110 valence electrons. The molecule has 0 heterocycles. The molecule has 7 nitrogen and oxygen atoms in total. The largest absolute Gasteiger partial charge is 0.478 e. The molecule has 0 aliphatic carbocycles. The van der Waals surface area contributed by atoms with Crippen LogP contribution < -0.4 is 16.4 Å². The van der Waals surface area contributed by atoms with Crippen LogP contribution in [0.4, 0.5) is 5.69 Å². The Morgan fingerprint density at radius 3 is 2.70 bits per heavy atom. The highest BCUT2D eigenvalue weighted by Crippen LogP contribution is 2.08. The number of anilines is 1. The van der Waals surface area contributed by atoms with E-state index < -0.39 is 5.97 Å². The van der Waals surface area contributed by atoms with E-state index in [0.29, 0.717) is 5.69 Å². The summed E-state index contributed by atoms with van der Waals surface area (Å²) in [5.74, 6) is -0.910. The summed E-state index contributed by atoms with van der Waals surface area (Å²) in [7, 11) is 0. The Bertz CT molecular complexity index is 420. The average Bonchev–Trinajstić information content (AvgIpc) is 2.45. The van der Waals surface area contributed by atoms with Crippen LogP contribution in [0.1, 0.15) is 18.4 Å². The number of hydrogen-bond acceptors (Lipinski definition) is 6. The molecule has 0 aliphatic rings. The van der Waals surface area contributed by atoms with Crippen LogP contribution in [0.15, 0.2) is 36.4 Å². The number of allylic oxidation sites excluding steroid dienone is 1. The molecule has 0 amide bonds. The zero-order chi connectivity index (χ0) is 14.6. The minimum atomic E-state index is -0.910. The van der Waals surface area contributed by atoms with Gasteiger partial charge in [0.15, 0.2) is 0 Å². The van der Waals surface area contributed by atoms with Crippen molar-refractivity contribution in [2.75, 3.05) is 12.0 Å². The number of unbranched alkanes of at least 4 members (excludes halogenated alkanes) is 1. The van der Waals surface area contributed by atoms with Crippen LogP contribution in [-0.4, -0.2) is 22.8 Å². The van der Waals surface area contributed by atoms with E-state index in [1.807, 2.05) is 24.3 Å². The van der Waals surface area contributed by atoms with Crippen LogP contribution in [0.2, 0.25) is 0 Å². The molecule has 0 spiro atoms. The van der Waals surface area contributed by atoms with E-state index in [9.17, 15) is 4.79 Å². The van der Waals surface area contributed by atoms with Gasteiger partial charge in [0.25, 0.3) is 0 Å². The Kier molecular flexibility index (Phi) is 8.01. The minimum Gasteiger partial charge on any atom is -0.478 e. The highest BCUT2D eigenvalue weighted by molar-refractivity contribution is 5.79. The van der Waals surface area contributed by atoms with Crippen LogP contribution in [0.25, 0.3) is 0 Å². The zero-order valence-corrected chi connectivity index (χ0v) is 11.0. The third-order valence-corrected chi connectivity index (χ3v) is 2.48. The van der Waals surface area contributed by atoms with Gasteiger partial charge in [-0.15, -0.1) is 0 Å². The van der Waals surface area contributed by atoms with Gasteiger partial charge in [-0.25, -0.2) is 10.3 Å². The molecule has 1 rings (SSSR count). The number of benzene rings is 1. The third kappa shape index (κ3) is 7.49. The quantitative estimate of drug-likeness (QED) is 0.251. The summed E-state index contributed by atoms with van der Waals surface area (Å²) < 4.78 is 0. The van der Waals surface area contributed by atoms with Gasteiger partial charge in [0.2, 0.25) is 0 Å². The van der Waals surface area contributed by atoms with Crippen molar-refractivity contribution >= 4 is 11.7 Å². The predicted octanol–water partition coefficient (Wildman–Crippen LogP) is 1.43. The number of aliphatic carboxylic acids is 1. The van der Waals surface area contributed by atoms with E-state index >= 15 is 0 Å². The van der Waals surface area contributed by atoms with Gasteiger partial charge in [-0.3, -0.25) is 5.21 Å². The maximum atomic E-state index is 10.2. The van der Waals surface area contributed by atoms with Crippen LogP contribution in [0.5, 0.6) is 0 Å². The van der Waals surface area contributed by atoms with E-state index in [-0.39, 0.29) is 0 Å². The van der Waals surface area contributed by atoms with Crippen molar-refractivity contribution in [1.82, 2.24) is 11.0 Å². The van der Waals surface area contributed by atoms with E-state index in [1.54, 1.807) is 6.08 Å². The van der Waals surface area contributed by atoms with E-state index in [2.05, 4.69) is 15.7 Å². The molecule has 0 bridgehead atoms. The lowest BCUT2D eigenvalue weighted by atomic mass is 10.2. The fourth-order valence-electron chi connectivity index (χ4n) is 1.53. The van der Waals surface area contributed by atoms with Crippen molar-refractivity contribution in [3.05, 3.63) is 42.0 Å². The molecule has 20 heavy (non-hydrogen) atoms. The molecule has 7 heteroatoms. The van der Waals surface area contributed by atoms with Crippen molar-refractivity contribution in [2.24, 2.45) is 0 Å². The van der Waals surface area contributed by atoms with Crippen LogP contribution >= 0.6 is 0 Å². The number of nitrogens with one attached hydrogen (secondary N) is 3. The summed E-state index contributed by atoms with van der Waals surface area (Å²) in [5.41, 5.74) is 5.85. The van der Waals surface area contributed by atoms with Crippen molar-refractivity contribution in [3.63, 3.8) is 0 Å². The van der Waals surface area contributed by atoms with Crippen molar-refractivity contribution in [3.8, 4) is 0 Å². The maximum Gasteiger partial charge on any atom is 0.327 e. The molecule has 0 unspecified atom stereocenters.